The maximum absolute atomic E-state index is 11.5. The lowest BCUT2D eigenvalue weighted by molar-refractivity contribution is 0.0991. The Kier molecular flexibility index (Phi) is 3.18. The van der Waals surface area contributed by atoms with Crippen LogP contribution in [0.5, 0.6) is 0 Å². The molecule has 0 saturated heterocycles. The first-order valence-corrected chi connectivity index (χ1v) is 6.24. The van der Waals surface area contributed by atoms with E-state index in [1.807, 2.05) is 6.92 Å². The van der Waals surface area contributed by atoms with Crippen molar-refractivity contribution in [2.45, 2.75) is 27.7 Å². The van der Waals surface area contributed by atoms with Gasteiger partial charge in [-0.2, -0.15) is 5.10 Å². The molecule has 4 nitrogen and oxygen atoms in total. The number of carbonyl (C=O) groups is 1. The fraction of sp³-hybridized carbons (Fsp3) is 0.333. The molecule has 1 aromatic heterocycles. The van der Waals surface area contributed by atoms with Gasteiger partial charge in [-0.05, 0) is 50.5 Å². The SMILES string of the molecule is Cc1cc(C)c(-c2nn(C)c(C(N)=O)c2C)cc1C. The van der Waals surface area contributed by atoms with E-state index in [-0.39, 0.29) is 0 Å². The van der Waals surface area contributed by atoms with Crippen LogP contribution < -0.4 is 5.73 Å². The van der Waals surface area contributed by atoms with Crippen molar-refractivity contribution >= 4 is 5.91 Å². The Morgan fingerprint density at radius 3 is 2.21 bits per heavy atom. The third kappa shape index (κ3) is 2.14. The molecule has 0 atom stereocenters. The van der Waals surface area contributed by atoms with Gasteiger partial charge in [-0.15, -0.1) is 0 Å². The molecular formula is C15H19N3O. The number of aryl methyl sites for hydroxylation is 4. The van der Waals surface area contributed by atoms with E-state index in [0.717, 1.165) is 22.4 Å². The molecule has 100 valence electrons. The molecule has 0 saturated carbocycles. The van der Waals surface area contributed by atoms with Crippen LogP contribution >= 0.6 is 0 Å². The topological polar surface area (TPSA) is 60.9 Å². The van der Waals surface area contributed by atoms with Gasteiger partial charge in [0.25, 0.3) is 5.91 Å². The second-order valence-electron chi connectivity index (χ2n) is 5.06. The number of rotatable bonds is 2. The maximum atomic E-state index is 11.5. The number of carbonyl (C=O) groups excluding carboxylic acids is 1. The molecule has 2 rings (SSSR count). The van der Waals surface area contributed by atoms with Crippen LogP contribution in [0.2, 0.25) is 0 Å². The van der Waals surface area contributed by atoms with Gasteiger partial charge >= 0.3 is 0 Å². The van der Waals surface area contributed by atoms with E-state index in [1.54, 1.807) is 11.7 Å². The molecule has 0 fully saturated rings. The molecule has 0 aliphatic carbocycles. The molecule has 4 heteroatoms. The number of aromatic nitrogens is 2. The standard InChI is InChI=1S/C15H19N3O/c1-8-6-10(3)12(7-9(8)2)13-11(4)14(15(16)19)18(5)17-13/h6-7H,1-5H3,(H2,16,19). The number of benzene rings is 1. The molecule has 0 spiro atoms. The second kappa shape index (κ2) is 4.53. The van der Waals surface area contributed by atoms with Gasteiger partial charge < -0.3 is 5.73 Å². The molecule has 1 amide bonds. The van der Waals surface area contributed by atoms with E-state index in [1.165, 1.54) is 11.1 Å². The second-order valence-corrected chi connectivity index (χ2v) is 5.06. The van der Waals surface area contributed by atoms with Crippen LogP contribution in [0.4, 0.5) is 0 Å². The molecule has 2 N–H and O–H groups in total. The average molecular weight is 257 g/mol. The summed E-state index contributed by atoms with van der Waals surface area (Å²) in [5.41, 5.74) is 12.2. The Balaban J connectivity index is 2.70. The van der Waals surface area contributed by atoms with Crippen molar-refractivity contribution < 1.29 is 4.79 Å². The summed E-state index contributed by atoms with van der Waals surface area (Å²) in [6.45, 7) is 8.11. The summed E-state index contributed by atoms with van der Waals surface area (Å²) in [5.74, 6) is -0.444. The number of amides is 1. The fourth-order valence-corrected chi connectivity index (χ4v) is 2.45. The first kappa shape index (κ1) is 13.3. The lowest BCUT2D eigenvalue weighted by Gasteiger charge is -2.08. The molecular weight excluding hydrogens is 238 g/mol. The quantitative estimate of drug-likeness (QED) is 0.898. The summed E-state index contributed by atoms with van der Waals surface area (Å²) >= 11 is 0. The van der Waals surface area contributed by atoms with Crippen LogP contribution in [0.1, 0.15) is 32.7 Å². The number of primary amides is 1. The zero-order valence-electron chi connectivity index (χ0n) is 12.0. The molecule has 0 aliphatic heterocycles. The minimum atomic E-state index is -0.444. The first-order valence-electron chi connectivity index (χ1n) is 6.24. The van der Waals surface area contributed by atoms with Gasteiger partial charge in [0, 0.05) is 18.2 Å². The Labute approximate surface area is 113 Å². The van der Waals surface area contributed by atoms with Crippen LogP contribution in [0, 0.1) is 27.7 Å². The van der Waals surface area contributed by atoms with Gasteiger partial charge in [0.1, 0.15) is 5.69 Å². The highest BCUT2D eigenvalue weighted by Gasteiger charge is 2.19. The Morgan fingerprint density at radius 2 is 1.68 bits per heavy atom. The summed E-state index contributed by atoms with van der Waals surface area (Å²) in [6.07, 6.45) is 0. The van der Waals surface area contributed by atoms with Crippen LogP contribution in [-0.4, -0.2) is 15.7 Å². The third-order valence-electron chi connectivity index (χ3n) is 3.61. The van der Waals surface area contributed by atoms with Crippen molar-refractivity contribution in [3.63, 3.8) is 0 Å². The van der Waals surface area contributed by atoms with Crippen molar-refractivity contribution in [1.82, 2.24) is 9.78 Å². The lowest BCUT2D eigenvalue weighted by atomic mass is 9.97. The van der Waals surface area contributed by atoms with E-state index >= 15 is 0 Å². The predicted octanol–water partition coefficient (Wildman–Crippen LogP) is 2.42. The summed E-state index contributed by atoms with van der Waals surface area (Å²) in [6, 6.07) is 4.26. The molecule has 1 heterocycles. The van der Waals surface area contributed by atoms with E-state index in [2.05, 4.69) is 38.0 Å². The van der Waals surface area contributed by atoms with E-state index in [4.69, 9.17) is 5.73 Å². The van der Waals surface area contributed by atoms with Gasteiger partial charge in [-0.1, -0.05) is 6.07 Å². The van der Waals surface area contributed by atoms with Crippen molar-refractivity contribution in [3.8, 4) is 11.3 Å². The van der Waals surface area contributed by atoms with Crippen LogP contribution in [0.25, 0.3) is 11.3 Å². The third-order valence-corrected chi connectivity index (χ3v) is 3.61. The Hall–Kier alpha value is -2.10. The highest BCUT2D eigenvalue weighted by Crippen LogP contribution is 2.29. The molecule has 19 heavy (non-hydrogen) atoms. The number of nitrogens with zero attached hydrogens (tertiary/aromatic N) is 2. The Morgan fingerprint density at radius 1 is 1.11 bits per heavy atom. The number of hydrogen-bond acceptors (Lipinski definition) is 2. The van der Waals surface area contributed by atoms with Crippen molar-refractivity contribution in [2.24, 2.45) is 12.8 Å². The zero-order valence-corrected chi connectivity index (χ0v) is 12.0. The minimum absolute atomic E-state index is 0.444. The molecule has 0 aliphatic rings. The van der Waals surface area contributed by atoms with Gasteiger partial charge in [0.05, 0.1) is 5.69 Å². The van der Waals surface area contributed by atoms with Gasteiger partial charge in [0.2, 0.25) is 0 Å². The number of hydrogen-bond donors (Lipinski definition) is 1. The minimum Gasteiger partial charge on any atom is -0.364 e. The van der Waals surface area contributed by atoms with Crippen LogP contribution in [0.15, 0.2) is 12.1 Å². The largest absolute Gasteiger partial charge is 0.364 e. The molecule has 0 bridgehead atoms. The molecule has 0 radical (unpaired) electrons. The molecule has 2 aromatic rings. The monoisotopic (exact) mass is 257 g/mol. The predicted molar refractivity (Wildman–Crippen MR) is 76.1 cm³/mol. The zero-order chi connectivity index (χ0) is 14.3. The van der Waals surface area contributed by atoms with Crippen LogP contribution in [-0.2, 0) is 7.05 Å². The summed E-state index contributed by atoms with van der Waals surface area (Å²) in [7, 11) is 1.74. The number of nitrogens with two attached hydrogens (primary N) is 1. The highest BCUT2D eigenvalue weighted by molar-refractivity contribution is 5.94. The lowest BCUT2D eigenvalue weighted by Crippen LogP contribution is -2.16. The molecule has 0 unspecified atom stereocenters. The van der Waals surface area contributed by atoms with Crippen LogP contribution in [0.3, 0.4) is 0 Å². The van der Waals surface area contributed by atoms with Gasteiger partial charge in [-0.3, -0.25) is 9.48 Å². The van der Waals surface area contributed by atoms with Gasteiger partial charge in [-0.25, -0.2) is 0 Å². The average Bonchev–Trinajstić information content (AvgIpc) is 2.59. The van der Waals surface area contributed by atoms with E-state index in [9.17, 15) is 4.79 Å². The molecule has 1 aromatic carbocycles. The highest BCUT2D eigenvalue weighted by atomic mass is 16.1. The maximum Gasteiger partial charge on any atom is 0.267 e. The normalized spacial score (nSPS) is 10.8. The smallest absolute Gasteiger partial charge is 0.267 e. The fourth-order valence-electron chi connectivity index (χ4n) is 2.45. The van der Waals surface area contributed by atoms with Gasteiger partial charge in [0.15, 0.2) is 0 Å². The Bertz CT molecular complexity index is 669. The van der Waals surface area contributed by atoms with Crippen molar-refractivity contribution in [2.75, 3.05) is 0 Å². The van der Waals surface area contributed by atoms with Crippen molar-refractivity contribution in [1.29, 1.82) is 0 Å². The van der Waals surface area contributed by atoms with E-state index in [0.29, 0.717) is 5.69 Å². The summed E-state index contributed by atoms with van der Waals surface area (Å²) < 4.78 is 1.56. The van der Waals surface area contributed by atoms with Crippen molar-refractivity contribution in [3.05, 3.63) is 40.1 Å². The summed E-state index contributed by atoms with van der Waals surface area (Å²) in [4.78, 5) is 11.5. The first-order chi connectivity index (χ1) is 8.82. The summed E-state index contributed by atoms with van der Waals surface area (Å²) in [5, 5.41) is 4.45. The van der Waals surface area contributed by atoms with E-state index < -0.39 is 5.91 Å².